The first-order valence-electron chi connectivity index (χ1n) is 6.46. The Morgan fingerprint density at radius 3 is 3.06 bits per heavy atom. The van der Waals surface area contributed by atoms with Gasteiger partial charge in [-0.25, -0.2) is 4.98 Å². The first-order chi connectivity index (χ1) is 8.72. The van der Waals surface area contributed by atoms with Gasteiger partial charge >= 0.3 is 5.97 Å². The van der Waals surface area contributed by atoms with Gasteiger partial charge in [-0.15, -0.1) is 0 Å². The van der Waals surface area contributed by atoms with Crippen molar-refractivity contribution in [1.82, 2.24) is 19.7 Å². The molecule has 0 saturated carbocycles. The zero-order valence-electron chi connectivity index (χ0n) is 11.0. The second kappa shape index (κ2) is 5.95. The van der Waals surface area contributed by atoms with Crippen molar-refractivity contribution in [2.24, 2.45) is 7.05 Å². The van der Waals surface area contributed by atoms with Gasteiger partial charge in [-0.1, -0.05) is 6.42 Å². The zero-order valence-corrected chi connectivity index (χ0v) is 11.0. The Hall–Kier alpha value is -1.43. The van der Waals surface area contributed by atoms with Crippen molar-refractivity contribution >= 4 is 5.97 Å². The van der Waals surface area contributed by atoms with Crippen molar-refractivity contribution in [1.29, 1.82) is 0 Å². The largest absolute Gasteiger partial charge is 0.465 e. The summed E-state index contributed by atoms with van der Waals surface area (Å²) in [5.74, 6) is 0.769. The van der Waals surface area contributed by atoms with Crippen molar-refractivity contribution in [3.63, 3.8) is 0 Å². The summed E-state index contributed by atoms with van der Waals surface area (Å²) in [7, 11) is 1.87. The van der Waals surface area contributed by atoms with Gasteiger partial charge in [0.15, 0.2) is 0 Å². The van der Waals surface area contributed by atoms with E-state index in [4.69, 9.17) is 4.74 Å². The molecule has 1 unspecified atom stereocenters. The van der Waals surface area contributed by atoms with Gasteiger partial charge in [0.05, 0.1) is 13.2 Å². The average molecular weight is 252 g/mol. The summed E-state index contributed by atoms with van der Waals surface area (Å²) in [6.07, 6.45) is 4.61. The van der Waals surface area contributed by atoms with Crippen LogP contribution in [-0.2, 0) is 23.1 Å². The van der Waals surface area contributed by atoms with Crippen LogP contribution in [-0.4, -0.2) is 44.8 Å². The SMILES string of the molecule is CCOC(=O)C1CCCCN1Cc1ncnn1C. The molecule has 0 spiro atoms. The molecule has 18 heavy (non-hydrogen) atoms. The lowest BCUT2D eigenvalue weighted by Crippen LogP contribution is -2.45. The third-order valence-electron chi connectivity index (χ3n) is 3.32. The van der Waals surface area contributed by atoms with Crippen LogP contribution in [0, 0.1) is 0 Å². The summed E-state index contributed by atoms with van der Waals surface area (Å²) >= 11 is 0. The molecular weight excluding hydrogens is 232 g/mol. The number of likely N-dealkylation sites (tertiary alicyclic amines) is 1. The highest BCUT2D eigenvalue weighted by atomic mass is 16.5. The molecule has 1 atom stereocenters. The molecule has 6 nitrogen and oxygen atoms in total. The van der Waals surface area contributed by atoms with Crippen LogP contribution in [0.1, 0.15) is 32.0 Å². The lowest BCUT2D eigenvalue weighted by atomic mass is 10.0. The molecule has 6 heteroatoms. The Balaban J connectivity index is 2.04. The molecule has 1 aromatic rings. The summed E-state index contributed by atoms with van der Waals surface area (Å²) < 4.78 is 6.88. The van der Waals surface area contributed by atoms with Gasteiger partial charge in [-0.3, -0.25) is 14.4 Å². The van der Waals surface area contributed by atoms with E-state index in [0.29, 0.717) is 13.2 Å². The van der Waals surface area contributed by atoms with E-state index in [1.54, 1.807) is 11.0 Å². The van der Waals surface area contributed by atoms with E-state index in [1.165, 1.54) is 0 Å². The fourth-order valence-corrected chi connectivity index (χ4v) is 2.33. The molecule has 1 aromatic heterocycles. The predicted molar refractivity (Wildman–Crippen MR) is 65.7 cm³/mol. The van der Waals surface area contributed by atoms with E-state index < -0.39 is 0 Å². The third kappa shape index (κ3) is 2.87. The number of hydrogen-bond donors (Lipinski definition) is 0. The Morgan fingerprint density at radius 2 is 2.39 bits per heavy atom. The highest BCUT2D eigenvalue weighted by Gasteiger charge is 2.30. The Morgan fingerprint density at radius 1 is 1.56 bits per heavy atom. The smallest absolute Gasteiger partial charge is 0.323 e. The van der Waals surface area contributed by atoms with Crippen LogP contribution in [0.4, 0.5) is 0 Å². The number of rotatable bonds is 4. The molecular formula is C12H20N4O2. The van der Waals surface area contributed by atoms with E-state index in [0.717, 1.165) is 31.6 Å². The summed E-state index contributed by atoms with van der Waals surface area (Å²) in [5.41, 5.74) is 0. The van der Waals surface area contributed by atoms with Crippen molar-refractivity contribution in [2.75, 3.05) is 13.2 Å². The van der Waals surface area contributed by atoms with Crippen LogP contribution in [0.3, 0.4) is 0 Å². The quantitative estimate of drug-likeness (QED) is 0.739. The summed E-state index contributed by atoms with van der Waals surface area (Å²) in [4.78, 5) is 18.3. The second-order valence-electron chi connectivity index (χ2n) is 4.53. The number of carbonyl (C=O) groups excluding carboxylic acids is 1. The van der Waals surface area contributed by atoms with Gasteiger partial charge in [0.1, 0.15) is 18.2 Å². The molecule has 0 N–H and O–H groups in total. The lowest BCUT2D eigenvalue weighted by Gasteiger charge is -2.33. The average Bonchev–Trinajstić information content (AvgIpc) is 2.76. The monoisotopic (exact) mass is 252 g/mol. The van der Waals surface area contributed by atoms with E-state index >= 15 is 0 Å². The van der Waals surface area contributed by atoms with Crippen molar-refractivity contribution < 1.29 is 9.53 Å². The minimum Gasteiger partial charge on any atom is -0.465 e. The molecule has 100 valence electrons. The van der Waals surface area contributed by atoms with E-state index in [-0.39, 0.29) is 12.0 Å². The first kappa shape index (κ1) is 13.0. The molecule has 0 aromatic carbocycles. The normalized spacial score (nSPS) is 20.9. The molecule has 1 fully saturated rings. The zero-order chi connectivity index (χ0) is 13.0. The molecule has 1 aliphatic rings. The minimum absolute atomic E-state index is 0.112. The number of aromatic nitrogens is 3. The first-order valence-corrected chi connectivity index (χ1v) is 6.46. The van der Waals surface area contributed by atoms with Crippen LogP contribution in [0.25, 0.3) is 0 Å². The maximum absolute atomic E-state index is 11.9. The fourth-order valence-electron chi connectivity index (χ4n) is 2.33. The van der Waals surface area contributed by atoms with Crippen molar-refractivity contribution in [3.8, 4) is 0 Å². The van der Waals surface area contributed by atoms with E-state index in [1.807, 2.05) is 14.0 Å². The summed E-state index contributed by atoms with van der Waals surface area (Å²) in [6, 6.07) is -0.129. The van der Waals surface area contributed by atoms with Crippen LogP contribution >= 0.6 is 0 Å². The Bertz CT molecular complexity index is 405. The van der Waals surface area contributed by atoms with E-state index in [9.17, 15) is 4.79 Å². The summed E-state index contributed by atoms with van der Waals surface area (Å²) in [6.45, 7) is 3.84. The van der Waals surface area contributed by atoms with Crippen LogP contribution < -0.4 is 0 Å². The Labute approximate surface area is 107 Å². The van der Waals surface area contributed by atoms with E-state index in [2.05, 4.69) is 15.0 Å². The number of aryl methyl sites for hydroxylation is 1. The molecule has 2 rings (SSSR count). The van der Waals surface area contributed by atoms with Crippen molar-refractivity contribution in [3.05, 3.63) is 12.2 Å². The molecule has 2 heterocycles. The number of carbonyl (C=O) groups is 1. The van der Waals surface area contributed by atoms with Gasteiger partial charge in [-0.05, 0) is 26.3 Å². The van der Waals surface area contributed by atoms with Crippen molar-refractivity contribution in [2.45, 2.75) is 38.8 Å². The van der Waals surface area contributed by atoms with Crippen LogP contribution in [0.15, 0.2) is 6.33 Å². The van der Waals surface area contributed by atoms with Gasteiger partial charge in [0.2, 0.25) is 0 Å². The molecule has 1 saturated heterocycles. The maximum Gasteiger partial charge on any atom is 0.323 e. The van der Waals surface area contributed by atoms with Gasteiger partial charge in [0, 0.05) is 7.05 Å². The van der Waals surface area contributed by atoms with Crippen LogP contribution in [0.2, 0.25) is 0 Å². The molecule has 1 aliphatic heterocycles. The van der Waals surface area contributed by atoms with Gasteiger partial charge < -0.3 is 4.74 Å². The third-order valence-corrected chi connectivity index (χ3v) is 3.32. The standard InChI is InChI=1S/C12H20N4O2/c1-3-18-12(17)10-6-4-5-7-16(10)8-11-13-9-14-15(11)2/h9-10H,3-8H2,1-2H3. The number of piperidine rings is 1. The minimum atomic E-state index is -0.129. The molecule has 0 aliphatic carbocycles. The van der Waals surface area contributed by atoms with Gasteiger partial charge in [-0.2, -0.15) is 5.10 Å². The highest BCUT2D eigenvalue weighted by molar-refractivity contribution is 5.75. The summed E-state index contributed by atoms with van der Waals surface area (Å²) in [5, 5.41) is 4.05. The molecule has 0 radical (unpaired) electrons. The lowest BCUT2D eigenvalue weighted by molar-refractivity contribution is -0.151. The predicted octanol–water partition coefficient (Wildman–Crippen LogP) is 0.733. The maximum atomic E-state index is 11.9. The topological polar surface area (TPSA) is 60.2 Å². The van der Waals surface area contributed by atoms with Crippen LogP contribution in [0.5, 0.6) is 0 Å². The fraction of sp³-hybridized carbons (Fsp3) is 0.750. The molecule has 0 amide bonds. The number of esters is 1. The number of ether oxygens (including phenoxy) is 1. The second-order valence-corrected chi connectivity index (χ2v) is 4.53. The van der Waals surface area contributed by atoms with Gasteiger partial charge in [0.25, 0.3) is 0 Å². The number of nitrogens with zero attached hydrogens (tertiary/aromatic N) is 4. The number of hydrogen-bond acceptors (Lipinski definition) is 5. The molecule has 0 bridgehead atoms. The highest BCUT2D eigenvalue weighted by Crippen LogP contribution is 2.20. The Kier molecular flexibility index (Phi) is 4.30.